The van der Waals surface area contributed by atoms with Crippen LogP contribution < -0.4 is 4.74 Å². The average Bonchev–Trinajstić information content (AvgIpc) is 2.93. The maximum absolute atomic E-state index is 5.84. The van der Waals surface area contributed by atoms with Crippen LogP contribution in [0.15, 0.2) is 28.8 Å². The maximum Gasteiger partial charge on any atom is 0.141 e. The Morgan fingerprint density at radius 2 is 1.50 bits per heavy atom. The van der Waals surface area contributed by atoms with E-state index < -0.39 is 0 Å². The molecule has 0 amide bonds. The summed E-state index contributed by atoms with van der Waals surface area (Å²) in [7, 11) is 0. The third-order valence-electron chi connectivity index (χ3n) is 4.44. The molecule has 0 saturated carbocycles. The summed E-state index contributed by atoms with van der Waals surface area (Å²) in [4.78, 5) is 0. The van der Waals surface area contributed by atoms with Crippen LogP contribution in [0.25, 0.3) is 11.1 Å². The van der Waals surface area contributed by atoms with E-state index in [4.69, 9.17) is 9.26 Å². The fourth-order valence-corrected chi connectivity index (χ4v) is 3.04. The molecule has 0 saturated heterocycles. The van der Waals surface area contributed by atoms with Gasteiger partial charge in [0.05, 0.1) is 12.3 Å². The summed E-state index contributed by atoms with van der Waals surface area (Å²) in [5.74, 6) is 1.80. The first-order valence-electron chi connectivity index (χ1n) is 9.38. The molecule has 24 heavy (non-hydrogen) atoms. The molecule has 0 bridgehead atoms. The van der Waals surface area contributed by atoms with Crippen LogP contribution >= 0.6 is 0 Å². The van der Waals surface area contributed by atoms with Crippen molar-refractivity contribution in [1.82, 2.24) is 5.16 Å². The van der Waals surface area contributed by atoms with Crippen LogP contribution in [0, 0.1) is 13.8 Å². The van der Waals surface area contributed by atoms with Crippen LogP contribution in [0.3, 0.4) is 0 Å². The summed E-state index contributed by atoms with van der Waals surface area (Å²) in [5.41, 5.74) is 3.15. The molecule has 1 heterocycles. The Kier molecular flexibility index (Phi) is 7.87. The standard InChI is InChI=1S/C21H31NO2/c1-4-5-6-7-8-9-10-11-16-23-20-14-12-19(13-15-20)21-17(2)22-24-18(21)3/h12-15H,4-11,16H2,1-3H3. The highest BCUT2D eigenvalue weighted by atomic mass is 16.5. The molecular weight excluding hydrogens is 298 g/mol. The predicted molar refractivity (Wildman–Crippen MR) is 99.5 cm³/mol. The average molecular weight is 329 g/mol. The van der Waals surface area contributed by atoms with Crippen LogP contribution in [-0.2, 0) is 0 Å². The fourth-order valence-electron chi connectivity index (χ4n) is 3.04. The van der Waals surface area contributed by atoms with Crippen molar-refractivity contribution in [2.24, 2.45) is 0 Å². The van der Waals surface area contributed by atoms with Gasteiger partial charge in [0.25, 0.3) is 0 Å². The number of benzene rings is 1. The van der Waals surface area contributed by atoms with Crippen molar-refractivity contribution >= 4 is 0 Å². The zero-order valence-corrected chi connectivity index (χ0v) is 15.4. The normalized spacial score (nSPS) is 11.0. The molecule has 0 radical (unpaired) electrons. The molecule has 1 aromatic heterocycles. The van der Waals surface area contributed by atoms with Gasteiger partial charge in [0.2, 0.25) is 0 Å². The predicted octanol–water partition coefficient (Wildman–Crippen LogP) is 6.48. The number of aryl methyl sites for hydroxylation is 2. The van der Waals surface area contributed by atoms with E-state index >= 15 is 0 Å². The van der Waals surface area contributed by atoms with Crippen molar-refractivity contribution in [2.45, 2.75) is 72.1 Å². The first-order valence-corrected chi connectivity index (χ1v) is 9.38. The second-order valence-electron chi connectivity index (χ2n) is 6.55. The van der Waals surface area contributed by atoms with E-state index in [2.05, 4.69) is 24.2 Å². The molecule has 0 spiro atoms. The molecule has 132 valence electrons. The van der Waals surface area contributed by atoms with Crippen LogP contribution in [0.4, 0.5) is 0 Å². The summed E-state index contributed by atoms with van der Waals surface area (Å²) in [6, 6.07) is 8.23. The second-order valence-corrected chi connectivity index (χ2v) is 6.55. The number of unbranched alkanes of at least 4 members (excludes halogenated alkanes) is 7. The Morgan fingerprint density at radius 1 is 0.875 bits per heavy atom. The first-order chi connectivity index (χ1) is 11.7. The zero-order chi connectivity index (χ0) is 17.2. The van der Waals surface area contributed by atoms with Crippen LogP contribution in [0.5, 0.6) is 5.75 Å². The van der Waals surface area contributed by atoms with Crippen molar-refractivity contribution in [3.05, 3.63) is 35.7 Å². The van der Waals surface area contributed by atoms with Crippen molar-refractivity contribution < 1.29 is 9.26 Å². The van der Waals surface area contributed by atoms with Gasteiger partial charge >= 0.3 is 0 Å². The number of aromatic nitrogens is 1. The minimum absolute atomic E-state index is 0.805. The van der Waals surface area contributed by atoms with Gasteiger partial charge in [-0.3, -0.25) is 0 Å². The minimum atomic E-state index is 0.805. The molecular formula is C21H31NO2. The largest absolute Gasteiger partial charge is 0.494 e. The lowest BCUT2D eigenvalue weighted by atomic mass is 10.0. The minimum Gasteiger partial charge on any atom is -0.494 e. The topological polar surface area (TPSA) is 35.3 Å². The highest BCUT2D eigenvalue weighted by Crippen LogP contribution is 2.28. The fraction of sp³-hybridized carbons (Fsp3) is 0.571. The molecule has 0 fully saturated rings. The number of hydrogen-bond acceptors (Lipinski definition) is 3. The molecule has 0 aliphatic rings. The number of ether oxygens (including phenoxy) is 1. The molecule has 3 nitrogen and oxygen atoms in total. The number of hydrogen-bond donors (Lipinski definition) is 0. The summed E-state index contributed by atoms with van der Waals surface area (Å²) in [6.07, 6.45) is 10.6. The van der Waals surface area contributed by atoms with Gasteiger partial charge in [-0.1, -0.05) is 69.2 Å². The lowest BCUT2D eigenvalue weighted by molar-refractivity contribution is 0.304. The van der Waals surface area contributed by atoms with E-state index in [9.17, 15) is 0 Å². The van der Waals surface area contributed by atoms with Gasteiger partial charge in [0.1, 0.15) is 11.5 Å². The van der Waals surface area contributed by atoms with Gasteiger partial charge in [-0.2, -0.15) is 0 Å². The van der Waals surface area contributed by atoms with Crippen LogP contribution in [0.1, 0.15) is 69.7 Å². The Bertz CT molecular complexity index is 567. The Morgan fingerprint density at radius 3 is 2.08 bits per heavy atom. The van der Waals surface area contributed by atoms with Gasteiger partial charge in [-0.05, 0) is 38.0 Å². The van der Waals surface area contributed by atoms with Gasteiger partial charge in [0.15, 0.2) is 0 Å². The molecule has 0 N–H and O–H groups in total. The lowest BCUT2D eigenvalue weighted by Gasteiger charge is -2.07. The molecule has 0 unspecified atom stereocenters. The van der Waals surface area contributed by atoms with Gasteiger partial charge in [0, 0.05) is 5.56 Å². The second kappa shape index (κ2) is 10.2. The summed E-state index contributed by atoms with van der Waals surface area (Å²) < 4.78 is 11.1. The van der Waals surface area contributed by atoms with Crippen LogP contribution in [0.2, 0.25) is 0 Å². The van der Waals surface area contributed by atoms with E-state index in [1.54, 1.807) is 0 Å². The van der Waals surface area contributed by atoms with Gasteiger partial charge in [-0.25, -0.2) is 0 Å². The van der Waals surface area contributed by atoms with E-state index in [0.717, 1.165) is 41.4 Å². The van der Waals surface area contributed by atoms with Gasteiger partial charge < -0.3 is 9.26 Å². The summed E-state index contributed by atoms with van der Waals surface area (Å²) in [6.45, 7) is 6.98. The van der Waals surface area contributed by atoms with E-state index in [0.29, 0.717) is 0 Å². The van der Waals surface area contributed by atoms with E-state index in [-0.39, 0.29) is 0 Å². The SMILES string of the molecule is CCCCCCCCCCOc1ccc(-c2c(C)noc2C)cc1. The third kappa shape index (κ3) is 5.70. The monoisotopic (exact) mass is 329 g/mol. The van der Waals surface area contributed by atoms with E-state index in [1.165, 1.54) is 44.9 Å². The molecule has 0 aliphatic carbocycles. The molecule has 2 rings (SSSR count). The third-order valence-corrected chi connectivity index (χ3v) is 4.44. The Labute approximate surface area is 146 Å². The summed E-state index contributed by atoms with van der Waals surface area (Å²) >= 11 is 0. The molecule has 1 aromatic carbocycles. The number of rotatable bonds is 11. The van der Waals surface area contributed by atoms with Crippen LogP contribution in [-0.4, -0.2) is 11.8 Å². The quantitative estimate of drug-likeness (QED) is 0.443. The highest BCUT2D eigenvalue weighted by Gasteiger charge is 2.11. The molecule has 3 heteroatoms. The smallest absolute Gasteiger partial charge is 0.141 e. The number of nitrogens with zero attached hydrogens (tertiary/aromatic N) is 1. The Balaban J connectivity index is 1.66. The van der Waals surface area contributed by atoms with E-state index in [1.807, 2.05) is 26.0 Å². The lowest BCUT2D eigenvalue weighted by Crippen LogP contribution is -1.97. The zero-order valence-electron chi connectivity index (χ0n) is 15.4. The first kappa shape index (κ1) is 18.6. The van der Waals surface area contributed by atoms with Gasteiger partial charge in [-0.15, -0.1) is 0 Å². The van der Waals surface area contributed by atoms with Crippen molar-refractivity contribution in [1.29, 1.82) is 0 Å². The maximum atomic E-state index is 5.84. The molecule has 0 aliphatic heterocycles. The summed E-state index contributed by atoms with van der Waals surface area (Å²) in [5, 5.41) is 4.01. The van der Waals surface area contributed by atoms with Crippen molar-refractivity contribution in [2.75, 3.05) is 6.61 Å². The highest BCUT2D eigenvalue weighted by molar-refractivity contribution is 5.68. The Hall–Kier alpha value is -1.77. The molecule has 0 atom stereocenters. The molecule has 2 aromatic rings. The van der Waals surface area contributed by atoms with Crippen molar-refractivity contribution in [3.8, 4) is 16.9 Å². The van der Waals surface area contributed by atoms with Crippen molar-refractivity contribution in [3.63, 3.8) is 0 Å².